The molecule has 0 aromatic heterocycles. The summed E-state index contributed by atoms with van der Waals surface area (Å²) >= 11 is 0. The Hall–Kier alpha value is -2.99. The minimum absolute atomic E-state index is 0.0711. The molecule has 1 spiro atoms. The molecule has 0 N–H and O–H groups in total. The van der Waals surface area contributed by atoms with Crippen LogP contribution in [-0.4, -0.2) is 34.6 Å². The maximum absolute atomic E-state index is 13.6. The highest BCUT2D eigenvalue weighted by molar-refractivity contribution is 6.24. The molecule has 1 aliphatic carbocycles. The SMILES string of the molecule is O=C1[C@@H]2[C@@H](CN3N(c4ccccc4)N=C4CCCC[C@]423)C(=O)N1c1ccccc1. The molecule has 29 heavy (non-hydrogen) atoms. The van der Waals surface area contributed by atoms with Crippen LogP contribution in [0.25, 0.3) is 0 Å². The smallest absolute Gasteiger partial charge is 0.240 e. The molecule has 0 radical (unpaired) electrons. The summed E-state index contributed by atoms with van der Waals surface area (Å²) in [5, 5.41) is 9.13. The van der Waals surface area contributed by atoms with Crippen LogP contribution in [0, 0.1) is 11.8 Å². The summed E-state index contributed by atoms with van der Waals surface area (Å²) in [5.41, 5.74) is 2.26. The van der Waals surface area contributed by atoms with Crippen LogP contribution in [0.4, 0.5) is 11.4 Å². The Kier molecular flexibility index (Phi) is 3.50. The lowest BCUT2D eigenvalue weighted by atomic mass is 9.70. The molecule has 2 saturated heterocycles. The van der Waals surface area contributed by atoms with E-state index in [4.69, 9.17) is 5.10 Å². The van der Waals surface area contributed by atoms with Crippen LogP contribution in [0.5, 0.6) is 0 Å². The summed E-state index contributed by atoms with van der Waals surface area (Å²) in [4.78, 5) is 28.4. The lowest BCUT2D eigenvalue weighted by Gasteiger charge is -2.41. The molecule has 6 heteroatoms. The summed E-state index contributed by atoms with van der Waals surface area (Å²) in [6.07, 6.45) is 3.89. The zero-order valence-corrected chi connectivity index (χ0v) is 16.1. The fourth-order valence-corrected chi connectivity index (χ4v) is 5.76. The molecule has 3 heterocycles. The largest absolute Gasteiger partial charge is 0.274 e. The molecule has 0 bridgehead atoms. The Morgan fingerprint density at radius 2 is 1.55 bits per heavy atom. The molecule has 0 unspecified atom stereocenters. The van der Waals surface area contributed by atoms with E-state index >= 15 is 0 Å². The van der Waals surface area contributed by atoms with Crippen LogP contribution in [-0.2, 0) is 9.59 Å². The van der Waals surface area contributed by atoms with Gasteiger partial charge in [-0.05, 0) is 43.5 Å². The van der Waals surface area contributed by atoms with Gasteiger partial charge in [-0.1, -0.05) is 42.8 Å². The third kappa shape index (κ3) is 2.12. The fraction of sp³-hybridized carbons (Fsp3) is 0.348. The number of imide groups is 1. The Labute approximate surface area is 169 Å². The standard InChI is InChI=1S/C23H22N4O2/c28-21-18-15-25-23(20(18)22(29)26(21)16-9-3-1-4-10-16)14-8-7-13-19(23)24-27(25)17-11-5-2-6-12-17/h1-6,9-12,18,20H,7-8,13-15H2/t18-,20+,23+/m1/s1. The Morgan fingerprint density at radius 3 is 2.28 bits per heavy atom. The van der Waals surface area contributed by atoms with Gasteiger partial charge in [0, 0.05) is 6.54 Å². The fourth-order valence-electron chi connectivity index (χ4n) is 5.76. The summed E-state index contributed by atoms with van der Waals surface area (Å²) in [5.74, 6) is -0.827. The number of hydrogen-bond donors (Lipinski definition) is 0. The molecular weight excluding hydrogens is 364 g/mol. The van der Waals surface area contributed by atoms with Crippen molar-refractivity contribution in [2.24, 2.45) is 16.9 Å². The van der Waals surface area contributed by atoms with Crippen molar-refractivity contribution in [3.63, 3.8) is 0 Å². The highest BCUT2D eigenvalue weighted by atomic mass is 16.2. The van der Waals surface area contributed by atoms with E-state index in [2.05, 4.69) is 5.01 Å². The van der Waals surface area contributed by atoms with E-state index in [0.717, 1.165) is 37.1 Å². The van der Waals surface area contributed by atoms with Crippen molar-refractivity contribution in [2.75, 3.05) is 16.6 Å². The first-order valence-electron chi connectivity index (χ1n) is 10.4. The van der Waals surface area contributed by atoms with E-state index in [1.165, 1.54) is 4.90 Å². The van der Waals surface area contributed by atoms with Gasteiger partial charge in [0.2, 0.25) is 11.8 Å². The minimum atomic E-state index is -0.463. The van der Waals surface area contributed by atoms with E-state index in [1.54, 1.807) is 0 Å². The predicted octanol–water partition coefficient (Wildman–Crippen LogP) is 3.21. The number of carbonyl (C=O) groups excluding carboxylic acids is 2. The van der Waals surface area contributed by atoms with Gasteiger partial charge in [0.05, 0.1) is 34.5 Å². The van der Waals surface area contributed by atoms with Crippen molar-refractivity contribution in [1.82, 2.24) is 5.01 Å². The van der Waals surface area contributed by atoms with Gasteiger partial charge in [-0.25, -0.2) is 4.90 Å². The van der Waals surface area contributed by atoms with Crippen LogP contribution >= 0.6 is 0 Å². The van der Waals surface area contributed by atoms with Crippen molar-refractivity contribution >= 4 is 28.9 Å². The number of rotatable bonds is 2. The molecule has 3 fully saturated rings. The number of amides is 2. The summed E-state index contributed by atoms with van der Waals surface area (Å²) in [6.45, 7) is 0.528. The Bertz CT molecular complexity index is 1020. The van der Waals surface area contributed by atoms with Crippen molar-refractivity contribution in [1.29, 1.82) is 0 Å². The van der Waals surface area contributed by atoms with Gasteiger partial charge in [-0.15, -0.1) is 0 Å². The first-order chi connectivity index (χ1) is 14.2. The number of para-hydroxylation sites is 2. The predicted molar refractivity (Wildman–Crippen MR) is 110 cm³/mol. The number of fused-ring (bicyclic) bond motifs is 1. The van der Waals surface area contributed by atoms with E-state index < -0.39 is 5.54 Å². The number of nitrogens with zero attached hydrogens (tertiary/aromatic N) is 4. The maximum Gasteiger partial charge on any atom is 0.240 e. The lowest BCUT2D eigenvalue weighted by Crippen LogP contribution is -2.57. The van der Waals surface area contributed by atoms with Crippen LogP contribution in [0.3, 0.4) is 0 Å². The summed E-state index contributed by atoms with van der Waals surface area (Å²) in [7, 11) is 0. The first kappa shape index (κ1) is 16.9. The molecule has 3 aliphatic heterocycles. The van der Waals surface area contributed by atoms with Gasteiger partial charge < -0.3 is 0 Å². The van der Waals surface area contributed by atoms with E-state index in [0.29, 0.717) is 12.2 Å². The number of hydrazine groups is 1. The molecule has 6 rings (SSSR count). The van der Waals surface area contributed by atoms with E-state index in [1.807, 2.05) is 65.8 Å². The topological polar surface area (TPSA) is 56.2 Å². The van der Waals surface area contributed by atoms with Crippen molar-refractivity contribution in [3.8, 4) is 0 Å². The molecular formula is C23H22N4O2. The van der Waals surface area contributed by atoms with Crippen LogP contribution in [0.15, 0.2) is 65.8 Å². The summed E-state index contributed by atoms with van der Waals surface area (Å²) in [6, 6.07) is 19.4. The quantitative estimate of drug-likeness (QED) is 0.744. The van der Waals surface area contributed by atoms with Crippen molar-refractivity contribution in [2.45, 2.75) is 31.2 Å². The van der Waals surface area contributed by atoms with E-state index in [-0.39, 0.29) is 23.7 Å². The molecule has 2 amide bonds. The van der Waals surface area contributed by atoms with Gasteiger partial charge in [0.15, 0.2) is 0 Å². The number of carbonyl (C=O) groups is 2. The first-order valence-corrected chi connectivity index (χ1v) is 10.4. The molecule has 146 valence electrons. The molecule has 2 aromatic carbocycles. The second-order valence-corrected chi connectivity index (χ2v) is 8.32. The van der Waals surface area contributed by atoms with Gasteiger partial charge in [0.1, 0.15) is 0 Å². The molecule has 4 aliphatic rings. The Balaban J connectivity index is 1.45. The minimum Gasteiger partial charge on any atom is -0.274 e. The van der Waals surface area contributed by atoms with Crippen molar-refractivity contribution in [3.05, 3.63) is 60.7 Å². The lowest BCUT2D eigenvalue weighted by molar-refractivity contribution is -0.124. The van der Waals surface area contributed by atoms with Crippen molar-refractivity contribution < 1.29 is 9.59 Å². The number of hydrazone groups is 1. The zero-order valence-electron chi connectivity index (χ0n) is 16.1. The van der Waals surface area contributed by atoms with Crippen LogP contribution in [0.1, 0.15) is 25.7 Å². The average molecular weight is 386 g/mol. The molecule has 6 nitrogen and oxygen atoms in total. The number of anilines is 2. The maximum atomic E-state index is 13.6. The zero-order chi connectivity index (χ0) is 19.6. The molecule has 3 atom stereocenters. The van der Waals surface area contributed by atoms with Gasteiger partial charge in [-0.3, -0.25) is 9.59 Å². The van der Waals surface area contributed by atoms with Crippen LogP contribution < -0.4 is 10.0 Å². The summed E-state index contributed by atoms with van der Waals surface area (Å²) < 4.78 is 0. The van der Waals surface area contributed by atoms with E-state index in [9.17, 15) is 9.59 Å². The van der Waals surface area contributed by atoms with Gasteiger partial charge >= 0.3 is 0 Å². The third-order valence-electron chi connectivity index (χ3n) is 6.94. The highest BCUT2D eigenvalue weighted by Crippen LogP contribution is 2.54. The Morgan fingerprint density at radius 1 is 0.862 bits per heavy atom. The third-order valence-corrected chi connectivity index (χ3v) is 6.94. The normalized spacial score (nSPS) is 31.0. The average Bonchev–Trinajstić information content (AvgIpc) is 3.34. The second-order valence-electron chi connectivity index (χ2n) is 8.32. The molecule has 2 aromatic rings. The monoisotopic (exact) mass is 386 g/mol. The number of benzene rings is 2. The molecule has 1 saturated carbocycles. The highest BCUT2D eigenvalue weighted by Gasteiger charge is 2.70. The number of hydrogen-bond acceptors (Lipinski definition) is 5. The van der Waals surface area contributed by atoms with Gasteiger partial charge in [0.25, 0.3) is 0 Å². The van der Waals surface area contributed by atoms with Gasteiger partial charge in [-0.2, -0.15) is 15.2 Å². The van der Waals surface area contributed by atoms with Crippen LogP contribution in [0.2, 0.25) is 0 Å². The second kappa shape index (κ2) is 6.00.